The molecule has 1 saturated carbocycles. The number of aryl methyl sites for hydroxylation is 1. The summed E-state index contributed by atoms with van der Waals surface area (Å²) in [5.41, 5.74) is 1.88. The van der Waals surface area contributed by atoms with E-state index in [1.807, 2.05) is 28.8 Å². The van der Waals surface area contributed by atoms with Crippen molar-refractivity contribution in [3.63, 3.8) is 0 Å². The number of halogens is 1. The lowest BCUT2D eigenvalue weighted by molar-refractivity contribution is -0.127. The van der Waals surface area contributed by atoms with Crippen LogP contribution in [0.2, 0.25) is 5.02 Å². The monoisotopic (exact) mass is 500 g/mol. The number of benzene rings is 1. The molecule has 7 nitrogen and oxygen atoms in total. The SMILES string of the molecule is CCCc1ccccc1Cl.COC1CC(N(C)C/C=C/C(=O)N2CCn3c(C(C)=O)cnc3C2)C1. The van der Waals surface area contributed by atoms with Gasteiger partial charge >= 0.3 is 0 Å². The van der Waals surface area contributed by atoms with E-state index in [1.165, 1.54) is 12.5 Å². The number of hydrogen-bond donors (Lipinski definition) is 0. The second-order valence-corrected chi connectivity index (χ2v) is 9.60. The molecule has 0 unspecified atom stereocenters. The lowest BCUT2D eigenvalue weighted by atomic mass is 9.88. The molecular formula is C27H37ClN4O3. The zero-order valence-corrected chi connectivity index (χ0v) is 22.0. The molecule has 2 heterocycles. The largest absolute Gasteiger partial charge is 0.381 e. The second-order valence-electron chi connectivity index (χ2n) is 9.19. The van der Waals surface area contributed by atoms with Crippen LogP contribution in [-0.2, 0) is 29.0 Å². The fraction of sp³-hybridized carbons (Fsp3) is 0.519. The third-order valence-electron chi connectivity index (χ3n) is 6.69. The van der Waals surface area contributed by atoms with E-state index in [9.17, 15) is 9.59 Å². The fourth-order valence-corrected chi connectivity index (χ4v) is 4.59. The minimum absolute atomic E-state index is 0.00426. The van der Waals surface area contributed by atoms with Gasteiger partial charge in [-0.3, -0.25) is 14.5 Å². The zero-order valence-electron chi connectivity index (χ0n) is 21.2. The van der Waals surface area contributed by atoms with E-state index in [1.54, 1.807) is 24.3 Å². The molecule has 190 valence electrons. The Labute approximate surface area is 213 Å². The van der Waals surface area contributed by atoms with Gasteiger partial charge in [0.05, 0.1) is 18.8 Å². The Kier molecular flexibility index (Phi) is 10.1. The molecule has 0 N–H and O–H groups in total. The average molecular weight is 501 g/mol. The van der Waals surface area contributed by atoms with E-state index in [2.05, 4.69) is 29.9 Å². The smallest absolute Gasteiger partial charge is 0.246 e. The number of carbonyl (C=O) groups is 2. The Morgan fingerprint density at radius 3 is 2.66 bits per heavy atom. The van der Waals surface area contributed by atoms with Crippen LogP contribution in [0.3, 0.4) is 0 Å². The first-order valence-electron chi connectivity index (χ1n) is 12.3. The summed E-state index contributed by atoms with van der Waals surface area (Å²) in [7, 11) is 3.83. The van der Waals surface area contributed by atoms with Crippen molar-refractivity contribution >= 4 is 23.3 Å². The third kappa shape index (κ3) is 7.26. The van der Waals surface area contributed by atoms with Crippen LogP contribution >= 0.6 is 11.6 Å². The van der Waals surface area contributed by atoms with Gasteiger partial charge in [-0.2, -0.15) is 0 Å². The molecule has 35 heavy (non-hydrogen) atoms. The van der Waals surface area contributed by atoms with Gasteiger partial charge in [-0.15, -0.1) is 0 Å². The molecule has 0 spiro atoms. The number of hydrogen-bond acceptors (Lipinski definition) is 5. The van der Waals surface area contributed by atoms with Crippen LogP contribution in [0.1, 0.15) is 55.0 Å². The van der Waals surface area contributed by atoms with Crippen LogP contribution in [0.25, 0.3) is 0 Å². The molecule has 1 fully saturated rings. The summed E-state index contributed by atoms with van der Waals surface area (Å²) in [6, 6.07) is 8.54. The van der Waals surface area contributed by atoms with E-state index < -0.39 is 0 Å². The number of likely N-dealkylation sites (N-methyl/N-ethyl adjacent to an activating group) is 1. The molecule has 4 rings (SSSR count). The van der Waals surface area contributed by atoms with E-state index in [-0.39, 0.29) is 11.7 Å². The van der Waals surface area contributed by atoms with E-state index >= 15 is 0 Å². The summed E-state index contributed by atoms with van der Waals surface area (Å²) in [6.07, 6.45) is 9.91. The lowest BCUT2D eigenvalue weighted by Gasteiger charge is -2.39. The van der Waals surface area contributed by atoms with Gasteiger partial charge in [0.1, 0.15) is 11.5 Å². The number of aromatic nitrogens is 2. The Balaban J connectivity index is 0.000000287. The minimum atomic E-state index is -0.00426. The summed E-state index contributed by atoms with van der Waals surface area (Å²) in [5.74, 6) is 0.777. The molecule has 1 aliphatic heterocycles. The maximum atomic E-state index is 12.4. The third-order valence-corrected chi connectivity index (χ3v) is 7.06. The first-order valence-corrected chi connectivity index (χ1v) is 12.7. The maximum absolute atomic E-state index is 12.4. The Morgan fingerprint density at radius 1 is 1.26 bits per heavy atom. The van der Waals surface area contributed by atoms with Gasteiger partial charge in [0, 0.05) is 50.8 Å². The molecule has 1 aromatic carbocycles. The average Bonchev–Trinajstić information content (AvgIpc) is 3.24. The zero-order chi connectivity index (χ0) is 25.4. The number of imidazole rings is 1. The van der Waals surface area contributed by atoms with Gasteiger partial charge in [-0.25, -0.2) is 4.98 Å². The molecule has 8 heteroatoms. The van der Waals surface area contributed by atoms with Gasteiger partial charge in [-0.1, -0.05) is 49.2 Å². The van der Waals surface area contributed by atoms with Crippen molar-refractivity contribution in [3.05, 3.63) is 64.7 Å². The predicted molar refractivity (Wildman–Crippen MR) is 139 cm³/mol. The van der Waals surface area contributed by atoms with Crippen LogP contribution in [0.5, 0.6) is 0 Å². The van der Waals surface area contributed by atoms with Crippen LogP contribution in [0.15, 0.2) is 42.6 Å². The van der Waals surface area contributed by atoms with Crippen molar-refractivity contribution in [2.75, 3.05) is 27.2 Å². The summed E-state index contributed by atoms with van der Waals surface area (Å²) in [5, 5.41) is 0.893. The predicted octanol–water partition coefficient (Wildman–Crippen LogP) is 4.39. The Bertz CT molecular complexity index is 1030. The van der Waals surface area contributed by atoms with Crippen molar-refractivity contribution in [3.8, 4) is 0 Å². The molecule has 1 amide bonds. The van der Waals surface area contributed by atoms with E-state index in [4.69, 9.17) is 16.3 Å². The molecule has 2 aromatic rings. The number of ether oxygens (including phenoxy) is 1. The first-order chi connectivity index (χ1) is 16.8. The summed E-state index contributed by atoms with van der Waals surface area (Å²) in [6.45, 7) is 6.11. The topological polar surface area (TPSA) is 67.7 Å². The molecule has 2 aliphatic rings. The van der Waals surface area contributed by atoms with Crippen molar-refractivity contribution < 1.29 is 14.3 Å². The van der Waals surface area contributed by atoms with Crippen LogP contribution in [0, 0.1) is 0 Å². The first kappa shape index (κ1) is 27.1. The molecule has 0 atom stereocenters. The molecule has 1 aromatic heterocycles. The van der Waals surface area contributed by atoms with Gasteiger partial charge < -0.3 is 14.2 Å². The number of nitrogens with zero attached hydrogens (tertiary/aromatic N) is 4. The minimum Gasteiger partial charge on any atom is -0.381 e. The molecule has 0 bridgehead atoms. The van der Waals surface area contributed by atoms with E-state index in [0.29, 0.717) is 37.5 Å². The van der Waals surface area contributed by atoms with Crippen molar-refractivity contribution in [1.29, 1.82) is 0 Å². The summed E-state index contributed by atoms with van der Waals surface area (Å²) in [4.78, 5) is 32.2. The standard InChI is InChI=1S/C18H26N4O3.C9H11Cl/c1-13(23)16-11-19-17-12-21(7-8-22(16)17)18(24)5-4-6-20(2)14-9-15(10-14)25-3;1-2-5-8-6-3-4-7-9(8)10/h4-5,11,14-15H,6-10,12H2,1-3H3;3-4,6-7H,2,5H2,1H3/b5-4+;. The number of methoxy groups -OCH3 is 1. The lowest BCUT2D eigenvalue weighted by Crippen LogP contribution is -2.46. The fourth-order valence-electron chi connectivity index (χ4n) is 4.36. The van der Waals surface area contributed by atoms with Crippen LogP contribution in [0.4, 0.5) is 0 Å². The van der Waals surface area contributed by atoms with Gasteiger partial charge in [0.2, 0.25) is 5.91 Å². The van der Waals surface area contributed by atoms with Crippen molar-refractivity contribution in [2.45, 2.75) is 64.8 Å². The van der Waals surface area contributed by atoms with E-state index in [0.717, 1.165) is 43.1 Å². The van der Waals surface area contributed by atoms with Gasteiger partial charge in [0.25, 0.3) is 0 Å². The molecule has 0 saturated heterocycles. The molecular weight excluding hydrogens is 464 g/mol. The highest BCUT2D eigenvalue weighted by Gasteiger charge is 2.31. The Morgan fingerprint density at radius 2 is 2.00 bits per heavy atom. The number of ketones is 1. The van der Waals surface area contributed by atoms with Gasteiger partial charge in [-0.05, 0) is 37.9 Å². The number of amides is 1. The number of rotatable bonds is 8. The summed E-state index contributed by atoms with van der Waals surface area (Å²) < 4.78 is 7.21. The van der Waals surface area contributed by atoms with Crippen LogP contribution in [-0.4, -0.2) is 70.4 Å². The van der Waals surface area contributed by atoms with Gasteiger partial charge in [0.15, 0.2) is 5.78 Å². The maximum Gasteiger partial charge on any atom is 0.246 e. The van der Waals surface area contributed by atoms with Crippen LogP contribution < -0.4 is 0 Å². The quantitative estimate of drug-likeness (QED) is 0.397. The highest BCUT2D eigenvalue weighted by atomic mass is 35.5. The highest BCUT2D eigenvalue weighted by Crippen LogP contribution is 2.26. The summed E-state index contributed by atoms with van der Waals surface area (Å²) >= 11 is 5.90. The number of carbonyl (C=O) groups excluding carboxylic acids is 2. The number of fused-ring (bicyclic) bond motifs is 1. The Hall–Kier alpha value is -2.48. The molecule has 1 aliphatic carbocycles. The van der Waals surface area contributed by atoms with Crippen molar-refractivity contribution in [1.82, 2.24) is 19.4 Å². The second kappa shape index (κ2) is 13.0. The molecule has 0 radical (unpaired) electrons. The number of Topliss-reactive ketones (excluding diaryl/α,β-unsaturated/α-hetero) is 1. The highest BCUT2D eigenvalue weighted by molar-refractivity contribution is 6.31. The van der Waals surface area contributed by atoms with Crippen molar-refractivity contribution in [2.24, 2.45) is 0 Å². The normalized spacial score (nSPS) is 19.2.